The van der Waals surface area contributed by atoms with Crippen molar-refractivity contribution in [2.24, 2.45) is 17.8 Å². The van der Waals surface area contributed by atoms with E-state index >= 15 is 0 Å². The molecule has 1 atom stereocenters. The van der Waals surface area contributed by atoms with Crippen LogP contribution in [-0.4, -0.2) is 35.4 Å². The minimum Gasteiger partial charge on any atom is -0.347 e. The number of hydrogen-bond acceptors (Lipinski definition) is 3. The molecule has 1 aliphatic rings. The van der Waals surface area contributed by atoms with Gasteiger partial charge < -0.3 is 10.2 Å². The molecule has 1 N–H and O–H groups in total. The van der Waals surface area contributed by atoms with Crippen molar-refractivity contribution in [2.75, 3.05) is 19.6 Å². The van der Waals surface area contributed by atoms with Crippen LogP contribution in [0, 0.1) is 17.8 Å². The first-order valence-electron chi connectivity index (χ1n) is 9.38. The quantitative estimate of drug-likeness (QED) is 0.829. The molecular weight excluding hydrogens is 298 g/mol. The molecule has 24 heavy (non-hydrogen) atoms. The number of amides is 1. The van der Waals surface area contributed by atoms with E-state index < -0.39 is 0 Å². The van der Waals surface area contributed by atoms with E-state index in [1.165, 1.54) is 6.54 Å². The maximum Gasteiger partial charge on any atom is 0.220 e. The van der Waals surface area contributed by atoms with E-state index in [-0.39, 0.29) is 11.9 Å². The normalized spacial score (nSPS) is 18.1. The van der Waals surface area contributed by atoms with E-state index in [1.807, 2.05) is 24.4 Å². The molecule has 0 bridgehead atoms. The first-order valence-corrected chi connectivity index (χ1v) is 9.38. The van der Waals surface area contributed by atoms with Crippen LogP contribution in [-0.2, 0) is 4.79 Å². The van der Waals surface area contributed by atoms with Crippen LogP contribution in [0.25, 0.3) is 0 Å². The molecule has 2 rings (SSSR count). The lowest BCUT2D eigenvalue weighted by Gasteiger charge is -2.37. The Labute approximate surface area is 147 Å². The molecule has 2 heterocycles. The summed E-state index contributed by atoms with van der Waals surface area (Å²) >= 11 is 0. The summed E-state index contributed by atoms with van der Waals surface area (Å²) < 4.78 is 0. The molecule has 1 aromatic rings. The fraction of sp³-hybridized carbons (Fsp3) is 0.700. The molecule has 1 aliphatic heterocycles. The zero-order valence-corrected chi connectivity index (χ0v) is 15.7. The van der Waals surface area contributed by atoms with Crippen molar-refractivity contribution in [2.45, 2.75) is 53.0 Å². The van der Waals surface area contributed by atoms with Gasteiger partial charge in [-0.3, -0.25) is 9.78 Å². The van der Waals surface area contributed by atoms with Gasteiger partial charge in [0.1, 0.15) is 0 Å². The van der Waals surface area contributed by atoms with Crippen LogP contribution in [0.4, 0.5) is 0 Å². The zero-order chi connectivity index (χ0) is 17.5. The largest absolute Gasteiger partial charge is 0.347 e. The van der Waals surface area contributed by atoms with E-state index in [0.717, 1.165) is 31.6 Å². The second-order valence-electron chi connectivity index (χ2n) is 7.93. The molecule has 4 heteroatoms. The maximum absolute atomic E-state index is 12.3. The highest BCUT2D eigenvalue weighted by Crippen LogP contribution is 2.30. The Kier molecular flexibility index (Phi) is 7.22. The van der Waals surface area contributed by atoms with Crippen LogP contribution >= 0.6 is 0 Å². The van der Waals surface area contributed by atoms with Crippen molar-refractivity contribution < 1.29 is 4.79 Å². The third-order valence-electron chi connectivity index (χ3n) is 4.64. The third-order valence-corrected chi connectivity index (χ3v) is 4.64. The summed E-state index contributed by atoms with van der Waals surface area (Å²) in [7, 11) is 0. The molecule has 1 amide bonds. The Balaban J connectivity index is 2.03. The van der Waals surface area contributed by atoms with E-state index in [4.69, 9.17) is 0 Å². The summed E-state index contributed by atoms with van der Waals surface area (Å²) in [5.41, 5.74) is 0.997. The SMILES string of the molecule is CC(C)CC(=O)N[C@H](c1ccccn1)C1CCN(CC(C)C)CC1. The summed E-state index contributed by atoms with van der Waals surface area (Å²) in [5.74, 6) is 1.70. The number of nitrogens with zero attached hydrogens (tertiary/aromatic N) is 2. The number of likely N-dealkylation sites (tertiary alicyclic amines) is 1. The second kappa shape index (κ2) is 9.16. The number of hydrogen-bond donors (Lipinski definition) is 1. The van der Waals surface area contributed by atoms with Gasteiger partial charge in [0.05, 0.1) is 11.7 Å². The topological polar surface area (TPSA) is 45.2 Å². The molecule has 1 aromatic heterocycles. The summed E-state index contributed by atoms with van der Waals surface area (Å²) in [6.07, 6.45) is 4.65. The lowest BCUT2D eigenvalue weighted by molar-refractivity contribution is -0.123. The van der Waals surface area contributed by atoms with E-state index in [9.17, 15) is 4.79 Å². The van der Waals surface area contributed by atoms with Gasteiger partial charge in [-0.05, 0) is 55.8 Å². The fourth-order valence-corrected chi connectivity index (χ4v) is 3.58. The van der Waals surface area contributed by atoms with Crippen molar-refractivity contribution in [3.63, 3.8) is 0 Å². The van der Waals surface area contributed by atoms with Crippen molar-refractivity contribution in [3.8, 4) is 0 Å². The third kappa shape index (κ3) is 5.90. The Morgan fingerprint density at radius 2 is 1.92 bits per heavy atom. The summed E-state index contributed by atoms with van der Waals surface area (Å²) in [4.78, 5) is 19.4. The van der Waals surface area contributed by atoms with Crippen LogP contribution in [0.1, 0.15) is 58.7 Å². The van der Waals surface area contributed by atoms with Crippen LogP contribution in [0.5, 0.6) is 0 Å². The maximum atomic E-state index is 12.3. The smallest absolute Gasteiger partial charge is 0.220 e. The second-order valence-corrected chi connectivity index (χ2v) is 7.93. The lowest BCUT2D eigenvalue weighted by atomic mass is 9.86. The van der Waals surface area contributed by atoms with Crippen molar-refractivity contribution >= 4 is 5.91 Å². The molecule has 1 fully saturated rings. The molecule has 0 aliphatic carbocycles. The van der Waals surface area contributed by atoms with Crippen LogP contribution in [0.15, 0.2) is 24.4 Å². The van der Waals surface area contributed by atoms with Crippen molar-refractivity contribution in [1.29, 1.82) is 0 Å². The Morgan fingerprint density at radius 1 is 1.21 bits per heavy atom. The summed E-state index contributed by atoms with van der Waals surface area (Å²) in [5, 5.41) is 3.27. The standard InChI is InChI=1S/C20H33N3O/c1-15(2)13-19(24)22-20(18-7-5-6-10-21-18)17-8-11-23(12-9-17)14-16(3)4/h5-7,10,15-17,20H,8-9,11-14H2,1-4H3,(H,22,24)/t20-/m0/s1. The van der Waals surface area contributed by atoms with Gasteiger partial charge in [0, 0.05) is 19.2 Å². The van der Waals surface area contributed by atoms with Crippen LogP contribution in [0.2, 0.25) is 0 Å². The fourth-order valence-electron chi connectivity index (χ4n) is 3.58. The van der Waals surface area contributed by atoms with E-state index in [1.54, 1.807) is 0 Å². The molecule has 0 unspecified atom stereocenters. The molecule has 0 radical (unpaired) electrons. The van der Waals surface area contributed by atoms with Gasteiger partial charge in [0.2, 0.25) is 5.91 Å². The number of aromatic nitrogens is 1. The number of carbonyl (C=O) groups is 1. The minimum atomic E-state index is 0.0404. The van der Waals surface area contributed by atoms with Gasteiger partial charge >= 0.3 is 0 Å². The van der Waals surface area contributed by atoms with Gasteiger partial charge in [0.25, 0.3) is 0 Å². The zero-order valence-electron chi connectivity index (χ0n) is 15.7. The number of rotatable bonds is 7. The molecule has 0 spiro atoms. The average molecular weight is 332 g/mol. The van der Waals surface area contributed by atoms with Gasteiger partial charge in [0.15, 0.2) is 0 Å². The van der Waals surface area contributed by atoms with Gasteiger partial charge in [-0.25, -0.2) is 0 Å². The highest BCUT2D eigenvalue weighted by atomic mass is 16.1. The van der Waals surface area contributed by atoms with Crippen molar-refractivity contribution in [3.05, 3.63) is 30.1 Å². The molecule has 0 saturated carbocycles. The van der Waals surface area contributed by atoms with Crippen LogP contribution < -0.4 is 5.32 Å². The highest BCUT2D eigenvalue weighted by Gasteiger charge is 2.29. The first-order chi connectivity index (χ1) is 11.5. The number of carbonyl (C=O) groups excluding carboxylic acids is 1. The van der Waals surface area contributed by atoms with Crippen LogP contribution in [0.3, 0.4) is 0 Å². The van der Waals surface area contributed by atoms with Crippen molar-refractivity contribution in [1.82, 2.24) is 15.2 Å². The monoisotopic (exact) mass is 331 g/mol. The number of piperidine rings is 1. The number of nitrogens with one attached hydrogen (secondary N) is 1. The minimum absolute atomic E-state index is 0.0404. The van der Waals surface area contributed by atoms with Gasteiger partial charge in [-0.15, -0.1) is 0 Å². The lowest BCUT2D eigenvalue weighted by Crippen LogP contribution is -2.42. The van der Waals surface area contributed by atoms with E-state index in [2.05, 4.69) is 42.9 Å². The molecule has 4 nitrogen and oxygen atoms in total. The number of pyridine rings is 1. The Hall–Kier alpha value is -1.42. The summed E-state index contributed by atoms with van der Waals surface area (Å²) in [6, 6.07) is 6.03. The summed E-state index contributed by atoms with van der Waals surface area (Å²) in [6.45, 7) is 12.1. The predicted octanol–water partition coefficient (Wildman–Crippen LogP) is 3.65. The van der Waals surface area contributed by atoms with Gasteiger partial charge in [-0.2, -0.15) is 0 Å². The first kappa shape index (κ1) is 18.9. The molecular formula is C20H33N3O. The Bertz CT molecular complexity index is 493. The van der Waals surface area contributed by atoms with E-state index in [0.29, 0.717) is 24.2 Å². The van der Waals surface area contributed by atoms with Gasteiger partial charge in [-0.1, -0.05) is 33.8 Å². The average Bonchev–Trinajstić information content (AvgIpc) is 2.53. The highest BCUT2D eigenvalue weighted by molar-refractivity contribution is 5.76. The predicted molar refractivity (Wildman–Crippen MR) is 98.6 cm³/mol. The Morgan fingerprint density at radius 3 is 2.46 bits per heavy atom. The molecule has 0 aromatic carbocycles. The molecule has 1 saturated heterocycles. The molecule has 134 valence electrons.